The van der Waals surface area contributed by atoms with Gasteiger partial charge in [0.25, 0.3) is 0 Å². The minimum atomic E-state index is -0.313. The van der Waals surface area contributed by atoms with Crippen LogP contribution in [0.15, 0.2) is 24.3 Å². The maximum atomic E-state index is 12.2. The van der Waals surface area contributed by atoms with Gasteiger partial charge in [-0.3, -0.25) is 14.4 Å². The predicted octanol–water partition coefficient (Wildman–Crippen LogP) is 0.686. The number of nitrogens with one attached hydrogen (secondary N) is 2. The normalized spacial score (nSPS) is 16.6. The first-order chi connectivity index (χ1) is 12.0. The van der Waals surface area contributed by atoms with Crippen molar-refractivity contribution in [2.24, 2.45) is 5.92 Å². The van der Waals surface area contributed by atoms with Crippen LogP contribution < -0.4 is 15.4 Å². The first-order valence-corrected chi connectivity index (χ1v) is 8.42. The number of rotatable bonds is 8. The van der Waals surface area contributed by atoms with Crippen molar-refractivity contribution < 1.29 is 19.1 Å². The van der Waals surface area contributed by atoms with Gasteiger partial charge >= 0.3 is 0 Å². The van der Waals surface area contributed by atoms with Crippen LogP contribution in [0.25, 0.3) is 0 Å². The Hall–Kier alpha value is -2.57. The number of nitrogens with zero attached hydrogens (tertiary/aromatic N) is 1. The second-order valence-electron chi connectivity index (χ2n) is 6.15. The van der Waals surface area contributed by atoms with Crippen molar-refractivity contribution in [2.75, 3.05) is 26.7 Å². The minimum absolute atomic E-state index is 0.00536. The van der Waals surface area contributed by atoms with E-state index in [0.717, 1.165) is 11.3 Å². The molecule has 0 bridgehead atoms. The van der Waals surface area contributed by atoms with Gasteiger partial charge in [0.05, 0.1) is 13.0 Å². The molecule has 0 saturated carbocycles. The maximum absolute atomic E-state index is 12.2. The fourth-order valence-electron chi connectivity index (χ4n) is 2.76. The minimum Gasteiger partial charge on any atom is -0.497 e. The van der Waals surface area contributed by atoms with Gasteiger partial charge in [0, 0.05) is 39.5 Å². The summed E-state index contributed by atoms with van der Waals surface area (Å²) in [7, 11) is 1.61. The average Bonchev–Trinajstić information content (AvgIpc) is 2.95. The lowest BCUT2D eigenvalue weighted by molar-refractivity contribution is -0.129. The van der Waals surface area contributed by atoms with Gasteiger partial charge in [0.15, 0.2) is 0 Å². The zero-order chi connectivity index (χ0) is 18.2. The Bertz CT molecular complexity index is 615. The molecule has 1 aromatic rings. The molecule has 1 saturated heterocycles. The summed E-state index contributed by atoms with van der Waals surface area (Å²) < 4.78 is 5.12. The van der Waals surface area contributed by atoms with E-state index >= 15 is 0 Å². The van der Waals surface area contributed by atoms with Crippen molar-refractivity contribution in [2.45, 2.75) is 26.3 Å². The molecule has 0 aliphatic carbocycles. The smallest absolute Gasteiger partial charge is 0.225 e. The average molecular weight is 347 g/mol. The predicted molar refractivity (Wildman–Crippen MR) is 92.8 cm³/mol. The standard InChI is InChI=1S/C18H25N3O4/c1-13(22)19-8-3-9-20-18(24)15-10-17(23)21(12-15)11-14-4-6-16(25-2)7-5-14/h4-7,15H,3,8-12H2,1-2H3,(H,19,22)(H,20,24)/t15-/m1/s1. The quantitative estimate of drug-likeness (QED) is 0.677. The first kappa shape index (κ1) is 18.8. The van der Waals surface area contributed by atoms with Gasteiger partial charge in [-0.25, -0.2) is 0 Å². The van der Waals surface area contributed by atoms with E-state index in [-0.39, 0.29) is 30.1 Å². The van der Waals surface area contributed by atoms with Gasteiger partial charge in [-0.15, -0.1) is 0 Å². The van der Waals surface area contributed by atoms with Crippen LogP contribution in [0.5, 0.6) is 5.75 Å². The van der Waals surface area contributed by atoms with E-state index in [9.17, 15) is 14.4 Å². The lowest BCUT2D eigenvalue weighted by Gasteiger charge is -2.17. The molecule has 1 aliphatic heterocycles. The lowest BCUT2D eigenvalue weighted by Crippen LogP contribution is -2.34. The molecule has 25 heavy (non-hydrogen) atoms. The fourth-order valence-corrected chi connectivity index (χ4v) is 2.76. The van der Waals surface area contributed by atoms with Gasteiger partial charge in [-0.2, -0.15) is 0 Å². The van der Waals surface area contributed by atoms with Crippen molar-refractivity contribution in [3.05, 3.63) is 29.8 Å². The van der Waals surface area contributed by atoms with E-state index in [1.165, 1.54) is 6.92 Å². The van der Waals surface area contributed by atoms with Crippen LogP contribution in [-0.2, 0) is 20.9 Å². The number of ether oxygens (including phenoxy) is 1. The Kier molecular flexibility index (Phi) is 6.80. The summed E-state index contributed by atoms with van der Waals surface area (Å²) in [4.78, 5) is 36.8. The number of likely N-dealkylation sites (tertiary alicyclic amines) is 1. The van der Waals surface area contributed by atoms with Gasteiger partial charge in [-0.05, 0) is 24.1 Å². The molecule has 1 heterocycles. The van der Waals surface area contributed by atoms with Crippen molar-refractivity contribution in [3.63, 3.8) is 0 Å². The zero-order valence-corrected chi connectivity index (χ0v) is 14.7. The Labute approximate surface area is 147 Å². The van der Waals surface area contributed by atoms with Crippen molar-refractivity contribution in [1.29, 1.82) is 0 Å². The van der Waals surface area contributed by atoms with Gasteiger partial charge < -0.3 is 20.3 Å². The molecule has 7 nitrogen and oxygen atoms in total. The summed E-state index contributed by atoms with van der Waals surface area (Å²) in [6.45, 7) is 3.41. The summed E-state index contributed by atoms with van der Waals surface area (Å²) in [5.41, 5.74) is 1.01. The largest absolute Gasteiger partial charge is 0.497 e. The molecular formula is C18H25N3O4. The number of methoxy groups -OCH3 is 1. The Morgan fingerprint density at radius 1 is 1.20 bits per heavy atom. The Morgan fingerprint density at radius 3 is 2.52 bits per heavy atom. The van der Waals surface area contributed by atoms with Crippen LogP contribution in [-0.4, -0.2) is 49.4 Å². The van der Waals surface area contributed by atoms with Crippen molar-refractivity contribution in [1.82, 2.24) is 15.5 Å². The summed E-state index contributed by atoms with van der Waals surface area (Å²) >= 11 is 0. The summed E-state index contributed by atoms with van der Waals surface area (Å²) in [5.74, 6) is 0.268. The second kappa shape index (κ2) is 9.05. The van der Waals surface area contributed by atoms with E-state index in [1.807, 2.05) is 24.3 Å². The third-order valence-electron chi connectivity index (χ3n) is 4.14. The maximum Gasteiger partial charge on any atom is 0.225 e. The van der Waals surface area contributed by atoms with E-state index in [1.54, 1.807) is 12.0 Å². The van der Waals surface area contributed by atoms with E-state index in [2.05, 4.69) is 10.6 Å². The number of hydrogen-bond acceptors (Lipinski definition) is 4. The SMILES string of the molecule is COc1ccc(CN2C[C@H](C(=O)NCCCNC(C)=O)CC2=O)cc1. The molecule has 1 atom stereocenters. The molecule has 136 valence electrons. The molecule has 1 fully saturated rings. The molecule has 2 rings (SSSR count). The van der Waals surface area contributed by atoms with Crippen LogP contribution in [0.4, 0.5) is 0 Å². The molecular weight excluding hydrogens is 322 g/mol. The molecule has 0 radical (unpaired) electrons. The lowest BCUT2D eigenvalue weighted by atomic mass is 10.1. The van der Waals surface area contributed by atoms with Crippen molar-refractivity contribution in [3.8, 4) is 5.75 Å². The summed E-state index contributed by atoms with van der Waals surface area (Å²) in [5, 5.41) is 5.51. The molecule has 7 heteroatoms. The molecule has 1 aliphatic rings. The van der Waals surface area contributed by atoms with Gasteiger partial charge in [0.2, 0.25) is 17.7 Å². The van der Waals surface area contributed by atoms with E-state index < -0.39 is 0 Å². The van der Waals surface area contributed by atoms with Gasteiger partial charge in [-0.1, -0.05) is 12.1 Å². The second-order valence-corrected chi connectivity index (χ2v) is 6.15. The monoisotopic (exact) mass is 347 g/mol. The highest BCUT2D eigenvalue weighted by molar-refractivity contribution is 5.89. The third-order valence-corrected chi connectivity index (χ3v) is 4.14. The highest BCUT2D eigenvalue weighted by atomic mass is 16.5. The van der Waals surface area contributed by atoms with E-state index in [0.29, 0.717) is 32.6 Å². The third kappa shape index (κ3) is 5.77. The van der Waals surface area contributed by atoms with E-state index in [4.69, 9.17) is 4.74 Å². The number of benzene rings is 1. The molecule has 0 unspecified atom stereocenters. The van der Waals surface area contributed by atoms with Crippen LogP contribution in [0, 0.1) is 5.92 Å². The Balaban J connectivity index is 1.76. The van der Waals surface area contributed by atoms with Crippen LogP contribution in [0.1, 0.15) is 25.3 Å². The van der Waals surface area contributed by atoms with Crippen LogP contribution in [0.2, 0.25) is 0 Å². The molecule has 0 spiro atoms. The zero-order valence-electron chi connectivity index (χ0n) is 14.7. The highest BCUT2D eigenvalue weighted by Crippen LogP contribution is 2.21. The summed E-state index contributed by atoms with van der Waals surface area (Å²) in [6, 6.07) is 7.55. The fraction of sp³-hybridized carbons (Fsp3) is 0.500. The summed E-state index contributed by atoms with van der Waals surface area (Å²) in [6.07, 6.45) is 0.912. The number of amides is 3. The molecule has 3 amide bonds. The molecule has 1 aromatic carbocycles. The number of carbonyl (C=O) groups is 3. The first-order valence-electron chi connectivity index (χ1n) is 8.42. The number of carbonyl (C=O) groups excluding carboxylic acids is 3. The van der Waals surface area contributed by atoms with Crippen LogP contribution in [0.3, 0.4) is 0 Å². The Morgan fingerprint density at radius 2 is 1.88 bits per heavy atom. The van der Waals surface area contributed by atoms with Crippen LogP contribution >= 0.6 is 0 Å². The molecule has 2 N–H and O–H groups in total. The highest BCUT2D eigenvalue weighted by Gasteiger charge is 2.33. The molecule has 0 aromatic heterocycles. The van der Waals surface area contributed by atoms with Gasteiger partial charge in [0.1, 0.15) is 5.75 Å². The topological polar surface area (TPSA) is 87.7 Å². The van der Waals surface area contributed by atoms with Crippen molar-refractivity contribution >= 4 is 17.7 Å². The number of hydrogen-bond donors (Lipinski definition) is 2.